The molecule has 0 saturated carbocycles. The average molecular weight is 324 g/mol. The van der Waals surface area contributed by atoms with Gasteiger partial charge in [0.1, 0.15) is 5.56 Å². The van der Waals surface area contributed by atoms with Crippen LogP contribution in [0.5, 0.6) is 0 Å². The molecule has 120 valence electrons. The molecule has 0 spiro atoms. The number of aryl methyl sites for hydroxylation is 2. The Hall–Kier alpha value is -2.77. The molecule has 0 atom stereocenters. The molecule has 1 aromatic carbocycles. The molecule has 23 heavy (non-hydrogen) atoms. The lowest BCUT2D eigenvalue weighted by atomic mass is 10.2. The number of hydrogen-bond donors (Lipinski definition) is 0. The van der Waals surface area contributed by atoms with E-state index in [2.05, 4.69) is 0 Å². The van der Waals surface area contributed by atoms with Crippen LogP contribution >= 0.6 is 0 Å². The Morgan fingerprint density at radius 1 is 1.00 bits per heavy atom. The van der Waals surface area contributed by atoms with Gasteiger partial charge in [-0.25, -0.2) is 4.79 Å². The van der Waals surface area contributed by atoms with Gasteiger partial charge in [-0.3, -0.25) is 9.36 Å². The summed E-state index contributed by atoms with van der Waals surface area (Å²) in [5.41, 5.74) is -1.46. The summed E-state index contributed by atoms with van der Waals surface area (Å²) in [5.74, 6) is -0.619. The molecule has 0 bridgehead atoms. The zero-order valence-electron chi connectivity index (χ0n) is 11.7. The molecule has 0 aliphatic carbocycles. The molecule has 5 nitrogen and oxygen atoms in total. The van der Waals surface area contributed by atoms with E-state index in [0.717, 1.165) is 16.7 Å². The molecule has 0 fully saturated rings. The summed E-state index contributed by atoms with van der Waals surface area (Å²) in [6.45, 7) is -0.0523. The highest BCUT2D eigenvalue weighted by Gasteiger charge is 2.34. The third-order valence-corrected chi connectivity index (χ3v) is 3.46. The Labute approximate surface area is 127 Å². The third kappa shape index (κ3) is 2.79. The summed E-state index contributed by atoms with van der Waals surface area (Å²) in [4.78, 5) is 23.7. The number of oxazole rings is 1. The first-order chi connectivity index (χ1) is 10.9. The van der Waals surface area contributed by atoms with Gasteiger partial charge in [0.25, 0.3) is 5.56 Å². The first kappa shape index (κ1) is 15.1. The molecule has 0 unspecified atom stereocenters. The zero-order valence-corrected chi connectivity index (χ0v) is 11.7. The second-order valence-electron chi connectivity index (χ2n) is 4.91. The van der Waals surface area contributed by atoms with Crippen LogP contribution in [0.3, 0.4) is 0 Å². The molecule has 2 heterocycles. The van der Waals surface area contributed by atoms with Crippen LogP contribution < -0.4 is 11.3 Å². The van der Waals surface area contributed by atoms with E-state index < -0.39 is 23.1 Å². The van der Waals surface area contributed by atoms with Crippen molar-refractivity contribution in [2.24, 2.45) is 0 Å². The fourth-order valence-electron chi connectivity index (χ4n) is 2.36. The minimum Gasteiger partial charge on any atom is -0.408 e. The number of nitrogens with zero attached hydrogens (tertiary/aromatic N) is 2. The molecule has 0 amide bonds. The van der Waals surface area contributed by atoms with E-state index in [9.17, 15) is 22.8 Å². The number of fused-ring (bicyclic) bond motifs is 1. The van der Waals surface area contributed by atoms with Gasteiger partial charge in [0.15, 0.2) is 5.58 Å². The van der Waals surface area contributed by atoms with Crippen molar-refractivity contribution in [3.05, 3.63) is 69.1 Å². The number of benzene rings is 1. The fraction of sp³-hybridized carbons (Fsp3) is 0.200. The number of rotatable bonds is 3. The van der Waals surface area contributed by atoms with Crippen molar-refractivity contribution in [2.45, 2.75) is 19.3 Å². The van der Waals surface area contributed by atoms with E-state index in [-0.39, 0.29) is 13.1 Å². The molecule has 3 rings (SSSR count). The second kappa shape index (κ2) is 5.45. The summed E-state index contributed by atoms with van der Waals surface area (Å²) in [6.07, 6.45) is -3.45. The van der Waals surface area contributed by atoms with Gasteiger partial charge in [-0.2, -0.15) is 13.2 Å². The van der Waals surface area contributed by atoms with E-state index in [4.69, 9.17) is 4.42 Å². The van der Waals surface area contributed by atoms with Crippen LogP contribution in [0.4, 0.5) is 13.2 Å². The molecule has 0 radical (unpaired) electrons. The first-order valence-corrected chi connectivity index (χ1v) is 6.73. The first-order valence-electron chi connectivity index (χ1n) is 6.73. The molecule has 2 aromatic heterocycles. The van der Waals surface area contributed by atoms with Gasteiger partial charge in [0.2, 0.25) is 0 Å². The number of para-hydroxylation sites is 2. The largest absolute Gasteiger partial charge is 0.421 e. The number of alkyl halides is 3. The van der Waals surface area contributed by atoms with E-state index in [1.54, 1.807) is 24.3 Å². The van der Waals surface area contributed by atoms with Crippen LogP contribution in [0.1, 0.15) is 5.56 Å². The van der Waals surface area contributed by atoms with Crippen LogP contribution in [0.25, 0.3) is 11.1 Å². The summed E-state index contributed by atoms with van der Waals surface area (Å²) < 4.78 is 45.4. The van der Waals surface area contributed by atoms with Gasteiger partial charge in [-0.15, -0.1) is 0 Å². The maximum Gasteiger partial charge on any atom is 0.421 e. The lowest BCUT2D eigenvalue weighted by Crippen LogP contribution is -2.30. The quantitative estimate of drug-likeness (QED) is 0.744. The van der Waals surface area contributed by atoms with Crippen molar-refractivity contribution >= 4 is 11.1 Å². The van der Waals surface area contributed by atoms with Gasteiger partial charge >= 0.3 is 11.9 Å². The van der Waals surface area contributed by atoms with Crippen LogP contribution in [0.15, 0.2) is 56.6 Å². The minimum atomic E-state index is -4.71. The lowest BCUT2D eigenvalue weighted by molar-refractivity contribution is -0.139. The summed E-state index contributed by atoms with van der Waals surface area (Å²) in [6, 6.07) is 8.58. The topological polar surface area (TPSA) is 57.1 Å². The van der Waals surface area contributed by atoms with Crippen molar-refractivity contribution in [3.63, 3.8) is 0 Å². The maximum atomic E-state index is 12.7. The van der Waals surface area contributed by atoms with E-state index in [1.165, 1.54) is 10.8 Å². The normalized spacial score (nSPS) is 12.0. The Balaban J connectivity index is 1.93. The lowest BCUT2D eigenvalue weighted by Gasteiger charge is -2.10. The number of halogens is 3. The van der Waals surface area contributed by atoms with Crippen LogP contribution in [0, 0.1) is 0 Å². The predicted molar refractivity (Wildman–Crippen MR) is 76.2 cm³/mol. The smallest absolute Gasteiger partial charge is 0.408 e. The number of hydrogen-bond acceptors (Lipinski definition) is 3. The van der Waals surface area contributed by atoms with E-state index >= 15 is 0 Å². The molecular formula is C15H11F3N2O3. The molecule has 0 aliphatic heterocycles. The van der Waals surface area contributed by atoms with Crippen molar-refractivity contribution in [1.29, 1.82) is 0 Å². The average Bonchev–Trinajstić information content (AvgIpc) is 2.80. The molecule has 8 heteroatoms. The molecule has 0 saturated heterocycles. The summed E-state index contributed by atoms with van der Waals surface area (Å²) in [7, 11) is 0. The Bertz CT molecular complexity index is 966. The maximum absolute atomic E-state index is 12.7. The van der Waals surface area contributed by atoms with Gasteiger partial charge in [0, 0.05) is 19.3 Å². The third-order valence-electron chi connectivity index (χ3n) is 3.46. The van der Waals surface area contributed by atoms with Gasteiger partial charge in [-0.1, -0.05) is 12.1 Å². The molecule has 0 N–H and O–H groups in total. The van der Waals surface area contributed by atoms with Crippen LogP contribution in [0.2, 0.25) is 0 Å². The highest BCUT2D eigenvalue weighted by molar-refractivity contribution is 5.72. The Morgan fingerprint density at radius 3 is 2.48 bits per heavy atom. The molecule has 0 aliphatic rings. The highest BCUT2D eigenvalue weighted by atomic mass is 19.4. The van der Waals surface area contributed by atoms with Crippen molar-refractivity contribution < 1.29 is 17.6 Å². The Morgan fingerprint density at radius 2 is 1.74 bits per heavy atom. The molecule has 3 aromatic rings. The second-order valence-corrected chi connectivity index (χ2v) is 4.91. The van der Waals surface area contributed by atoms with Crippen LogP contribution in [-0.4, -0.2) is 9.13 Å². The standard InChI is InChI=1S/C15H11F3N2O3/c16-15(17,18)10-4-3-7-19(13(10)21)8-9-20-11-5-1-2-6-12(11)23-14(20)22/h1-7H,8-9H2. The van der Waals surface area contributed by atoms with E-state index in [0.29, 0.717) is 11.1 Å². The van der Waals surface area contributed by atoms with Crippen LogP contribution in [-0.2, 0) is 19.3 Å². The van der Waals surface area contributed by atoms with Crippen molar-refractivity contribution in [3.8, 4) is 0 Å². The SMILES string of the molecule is O=c1c(C(F)(F)F)cccn1CCn1c(=O)oc2ccccc21. The van der Waals surface area contributed by atoms with Gasteiger partial charge < -0.3 is 8.98 Å². The number of pyridine rings is 1. The zero-order chi connectivity index (χ0) is 16.6. The Kier molecular flexibility index (Phi) is 3.59. The minimum absolute atomic E-state index is 0.0249. The van der Waals surface area contributed by atoms with Gasteiger partial charge in [0.05, 0.1) is 5.52 Å². The summed E-state index contributed by atoms with van der Waals surface area (Å²) >= 11 is 0. The summed E-state index contributed by atoms with van der Waals surface area (Å²) in [5, 5.41) is 0. The van der Waals surface area contributed by atoms with Crippen molar-refractivity contribution in [1.82, 2.24) is 9.13 Å². The highest BCUT2D eigenvalue weighted by Crippen LogP contribution is 2.25. The van der Waals surface area contributed by atoms with E-state index in [1.807, 2.05) is 0 Å². The van der Waals surface area contributed by atoms with Crippen molar-refractivity contribution in [2.75, 3.05) is 0 Å². The molecular weight excluding hydrogens is 313 g/mol. The predicted octanol–water partition coefficient (Wildman–Crippen LogP) is 2.48. The fourth-order valence-corrected chi connectivity index (χ4v) is 2.36. The number of aromatic nitrogens is 2. The monoisotopic (exact) mass is 324 g/mol. The van der Waals surface area contributed by atoms with Gasteiger partial charge in [-0.05, 0) is 24.3 Å².